The van der Waals surface area contributed by atoms with Gasteiger partial charge in [-0.2, -0.15) is 26.3 Å². The lowest BCUT2D eigenvalue weighted by Crippen LogP contribution is -2.27. The van der Waals surface area contributed by atoms with Crippen LogP contribution in [0.15, 0.2) is 36.4 Å². The summed E-state index contributed by atoms with van der Waals surface area (Å²) in [6.07, 6.45) is -11.1. The van der Waals surface area contributed by atoms with Crippen molar-refractivity contribution in [2.24, 2.45) is 0 Å². The molecule has 0 bridgehead atoms. The summed E-state index contributed by atoms with van der Waals surface area (Å²) in [7, 11) is 0. The van der Waals surface area contributed by atoms with E-state index in [0.29, 0.717) is 12.1 Å². The highest BCUT2D eigenvalue weighted by Gasteiger charge is 2.39. The van der Waals surface area contributed by atoms with Gasteiger partial charge >= 0.3 is 18.4 Å². The second-order valence-electron chi connectivity index (χ2n) is 6.31. The number of nitrogens with zero attached hydrogens (tertiary/aromatic N) is 1. The van der Waals surface area contributed by atoms with E-state index in [2.05, 4.69) is 0 Å². The van der Waals surface area contributed by atoms with Gasteiger partial charge in [-0.1, -0.05) is 6.07 Å². The normalized spacial score (nSPS) is 17.6. The Labute approximate surface area is 158 Å². The van der Waals surface area contributed by atoms with Gasteiger partial charge < -0.3 is 4.74 Å². The standard InChI is InChI=1S/C18H11F8NO2/c19-13-2-1-10(5-14(13)20)15-8-29-16(28)27(15)7-9-3-11(17(21,22)23)6-12(4-9)18(24,25)26/h1-6,15H,7-8H2. The Morgan fingerprint density at radius 2 is 1.48 bits per heavy atom. The number of amides is 1. The van der Waals surface area contributed by atoms with Gasteiger partial charge in [-0.15, -0.1) is 0 Å². The number of halogens is 8. The van der Waals surface area contributed by atoms with Crippen LogP contribution in [-0.2, 0) is 23.6 Å². The number of alkyl halides is 6. The zero-order valence-electron chi connectivity index (χ0n) is 14.2. The van der Waals surface area contributed by atoms with E-state index in [-0.39, 0.29) is 18.2 Å². The van der Waals surface area contributed by atoms with Crippen LogP contribution in [0, 0.1) is 11.6 Å². The molecule has 0 N–H and O–H groups in total. The van der Waals surface area contributed by atoms with Crippen molar-refractivity contribution in [2.75, 3.05) is 6.61 Å². The zero-order valence-corrected chi connectivity index (χ0v) is 14.2. The Hall–Kier alpha value is -2.85. The third kappa shape index (κ3) is 4.43. The summed E-state index contributed by atoms with van der Waals surface area (Å²) in [5.74, 6) is -2.38. The van der Waals surface area contributed by atoms with Crippen molar-refractivity contribution >= 4 is 6.09 Å². The van der Waals surface area contributed by atoms with Gasteiger partial charge in [-0.05, 0) is 41.5 Å². The Balaban J connectivity index is 1.98. The maximum absolute atomic E-state index is 13.5. The maximum Gasteiger partial charge on any atom is 0.416 e. The second kappa shape index (κ2) is 7.20. The summed E-state index contributed by atoms with van der Waals surface area (Å²) >= 11 is 0. The number of cyclic esters (lactones) is 1. The summed E-state index contributed by atoms with van der Waals surface area (Å²) < 4.78 is 109. The molecule has 0 aliphatic carbocycles. The van der Waals surface area contributed by atoms with E-state index in [9.17, 15) is 39.9 Å². The predicted octanol–water partition coefficient (Wildman–Crippen LogP) is 5.70. The van der Waals surface area contributed by atoms with Crippen LogP contribution in [0.2, 0.25) is 0 Å². The predicted molar refractivity (Wildman–Crippen MR) is 82.4 cm³/mol. The molecule has 156 valence electrons. The molecule has 1 atom stereocenters. The average Bonchev–Trinajstić information content (AvgIpc) is 2.96. The molecular formula is C18H11F8NO2. The van der Waals surface area contributed by atoms with E-state index in [0.717, 1.165) is 23.1 Å². The van der Waals surface area contributed by atoms with Gasteiger partial charge in [0.05, 0.1) is 17.2 Å². The average molecular weight is 425 g/mol. The van der Waals surface area contributed by atoms with Crippen molar-refractivity contribution in [3.05, 3.63) is 70.3 Å². The molecule has 3 nitrogen and oxygen atoms in total. The third-order valence-electron chi connectivity index (χ3n) is 4.30. The van der Waals surface area contributed by atoms with Crippen LogP contribution in [0.25, 0.3) is 0 Å². The highest BCUT2D eigenvalue weighted by Crippen LogP contribution is 2.37. The zero-order chi connectivity index (χ0) is 21.6. The fourth-order valence-electron chi connectivity index (χ4n) is 2.93. The first-order chi connectivity index (χ1) is 13.4. The van der Waals surface area contributed by atoms with E-state index in [1.54, 1.807) is 0 Å². The van der Waals surface area contributed by atoms with Gasteiger partial charge in [0, 0.05) is 6.54 Å². The van der Waals surface area contributed by atoms with Crippen LogP contribution in [0.5, 0.6) is 0 Å². The highest BCUT2D eigenvalue weighted by molar-refractivity contribution is 5.70. The van der Waals surface area contributed by atoms with Gasteiger partial charge in [0.1, 0.15) is 6.61 Å². The molecule has 1 unspecified atom stereocenters. The van der Waals surface area contributed by atoms with Crippen molar-refractivity contribution < 1.29 is 44.7 Å². The molecule has 29 heavy (non-hydrogen) atoms. The summed E-state index contributed by atoms with van der Waals surface area (Å²) in [6, 6.07) is 2.65. The van der Waals surface area contributed by atoms with Crippen molar-refractivity contribution in [1.29, 1.82) is 0 Å². The second-order valence-corrected chi connectivity index (χ2v) is 6.31. The van der Waals surface area contributed by atoms with Crippen LogP contribution >= 0.6 is 0 Å². The Morgan fingerprint density at radius 3 is 2.00 bits per heavy atom. The Bertz CT molecular complexity index is 906. The van der Waals surface area contributed by atoms with Crippen molar-refractivity contribution in [3.8, 4) is 0 Å². The SMILES string of the molecule is O=C1OCC(c2ccc(F)c(F)c2)N1Cc1cc(C(F)(F)F)cc(C(F)(F)F)c1. The van der Waals surface area contributed by atoms with Gasteiger partial charge in [0.2, 0.25) is 0 Å². The minimum absolute atomic E-state index is 0.0291. The smallest absolute Gasteiger partial charge is 0.416 e. The number of benzene rings is 2. The maximum atomic E-state index is 13.5. The summed E-state index contributed by atoms with van der Waals surface area (Å²) in [5.41, 5.74) is -3.42. The minimum Gasteiger partial charge on any atom is -0.447 e. The first-order valence-electron chi connectivity index (χ1n) is 8.03. The van der Waals surface area contributed by atoms with E-state index < -0.39 is 59.4 Å². The number of hydrogen-bond acceptors (Lipinski definition) is 2. The van der Waals surface area contributed by atoms with E-state index in [4.69, 9.17) is 4.74 Å². The molecule has 3 rings (SSSR count). The number of carbonyl (C=O) groups is 1. The molecule has 1 amide bonds. The number of carbonyl (C=O) groups excluding carboxylic acids is 1. The van der Waals surface area contributed by atoms with Crippen LogP contribution in [0.3, 0.4) is 0 Å². The minimum atomic E-state index is -5.04. The molecule has 2 aromatic rings. The van der Waals surface area contributed by atoms with Crippen LogP contribution in [0.4, 0.5) is 39.9 Å². The van der Waals surface area contributed by atoms with Crippen LogP contribution < -0.4 is 0 Å². The molecule has 1 heterocycles. The molecule has 1 fully saturated rings. The van der Waals surface area contributed by atoms with Crippen LogP contribution in [0.1, 0.15) is 28.3 Å². The molecule has 1 aliphatic heterocycles. The molecule has 0 radical (unpaired) electrons. The summed E-state index contributed by atoms with van der Waals surface area (Å²) in [6.45, 7) is -0.982. The molecule has 1 saturated heterocycles. The van der Waals surface area contributed by atoms with Crippen molar-refractivity contribution in [2.45, 2.75) is 24.9 Å². The first kappa shape index (κ1) is 20.9. The van der Waals surface area contributed by atoms with Gasteiger partial charge in [0.25, 0.3) is 0 Å². The number of ether oxygens (including phenoxy) is 1. The van der Waals surface area contributed by atoms with Crippen molar-refractivity contribution in [1.82, 2.24) is 4.90 Å². The highest BCUT2D eigenvalue weighted by atomic mass is 19.4. The Kier molecular flexibility index (Phi) is 5.18. The van der Waals surface area contributed by atoms with E-state index in [1.165, 1.54) is 0 Å². The fourth-order valence-corrected chi connectivity index (χ4v) is 2.93. The Morgan fingerprint density at radius 1 is 0.897 bits per heavy atom. The lowest BCUT2D eigenvalue weighted by molar-refractivity contribution is -0.143. The molecular weight excluding hydrogens is 414 g/mol. The molecule has 2 aromatic carbocycles. The largest absolute Gasteiger partial charge is 0.447 e. The van der Waals surface area contributed by atoms with E-state index in [1.807, 2.05) is 0 Å². The molecule has 0 saturated carbocycles. The molecule has 1 aliphatic rings. The summed E-state index contributed by atoms with van der Waals surface area (Å²) in [5, 5.41) is 0. The van der Waals surface area contributed by atoms with Crippen molar-refractivity contribution in [3.63, 3.8) is 0 Å². The number of rotatable bonds is 3. The van der Waals surface area contributed by atoms with Gasteiger partial charge in [-0.25, -0.2) is 13.6 Å². The van der Waals surface area contributed by atoms with E-state index >= 15 is 0 Å². The molecule has 0 spiro atoms. The molecule has 0 aromatic heterocycles. The van der Waals surface area contributed by atoms with Crippen LogP contribution in [-0.4, -0.2) is 17.6 Å². The fraction of sp³-hybridized carbons (Fsp3) is 0.278. The van der Waals surface area contributed by atoms with Gasteiger partial charge in [0.15, 0.2) is 11.6 Å². The lowest BCUT2D eigenvalue weighted by Gasteiger charge is -2.23. The summed E-state index contributed by atoms with van der Waals surface area (Å²) in [4.78, 5) is 12.8. The third-order valence-corrected chi connectivity index (χ3v) is 4.30. The quantitative estimate of drug-likeness (QED) is 0.591. The van der Waals surface area contributed by atoms with Gasteiger partial charge in [-0.3, -0.25) is 4.90 Å². The monoisotopic (exact) mass is 425 g/mol. The lowest BCUT2D eigenvalue weighted by atomic mass is 10.0. The first-order valence-corrected chi connectivity index (χ1v) is 8.03. The molecule has 11 heteroatoms. The topological polar surface area (TPSA) is 29.5 Å². The number of hydrogen-bond donors (Lipinski definition) is 0.